The molecule has 1 aromatic heterocycles. The maximum absolute atomic E-state index is 13.8. The molecule has 0 amide bonds. The number of fused-ring (bicyclic) bond motifs is 3. The standard InChI is InChI=1S/C12H12BrFN2/c1-7-3-2-4-16-10-6-8(13)5-9(14)11(10)15-12(7)16/h5-7H,2-4H2,1H3. The second-order valence-electron chi connectivity index (χ2n) is 4.42. The average Bonchev–Trinajstić information content (AvgIpc) is 2.59. The van der Waals surface area contributed by atoms with E-state index in [-0.39, 0.29) is 5.82 Å². The quantitative estimate of drug-likeness (QED) is 0.718. The van der Waals surface area contributed by atoms with Crippen molar-refractivity contribution in [3.8, 4) is 0 Å². The molecule has 0 fully saturated rings. The highest BCUT2D eigenvalue weighted by Crippen LogP contribution is 2.32. The Bertz CT molecular complexity index is 562. The number of rotatable bonds is 0. The molecule has 84 valence electrons. The molecule has 1 aromatic carbocycles. The zero-order valence-corrected chi connectivity index (χ0v) is 10.6. The lowest BCUT2D eigenvalue weighted by Crippen LogP contribution is -2.13. The number of aromatic nitrogens is 2. The van der Waals surface area contributed by atoms with Gasteiger partial charge in [-0.2, -0.15) is 0 Å². The zero-order valence-electron chi connectivity index (χ0n) is 9.00. The van der Waals surface area contributed by atoms with Crippen molar-refractivity contribution in [3.05, 3.63) is 28.2 Å². The minimum absolute atomic E-state index is 0.238. The van der Waals surface area contributed by atoms with Gasteiger partial charge in [-0.25, -0.2) is 9.37 Å². The van der Waals surface area contributed by atoms with Crippen molar-refractivity contribution in [2.75, 3.05) is 0 Å². The Balaban J connectivity index is 2.36. The largest absolute Gasteiger partial charge is 0.328 e. The van der Waals surface area contributed by atoms with Crippen molar-refractivity contribution >= 4 is 27.0 Å². The van der Waals surface area contributed by atoms with Gasteiger partial charge in [-0.05, 0) is 25.0 Å². The molecule has 1 aliphatic rings. The van der Waals surface area contributed by atoms with Crippen LogP contribution in [0.4, 0.5) is 4.39 Å². The summed E-state index contributed by atoms with van der Waals surface area (Å²) in [5.74, 6) is 1.22. The molecule has 0 N–H and O–H groups in total. The first-order valence-electron chi connectivity index (χ1n) is 5.52. The third-order valence-corrected chi connectivity index (χ3v) is 3.72. The predicted octanol–water partition coefficient (Wildman–Crippen LogP) is 3.84. The van der Waals surface area contributed by atoms with Crippen LogP contribution in [0.2, 0.25) is 0 Å². The van der Waals surface area contributed by atoms with Crippen LogP contribution in [0.3, 0.4) is 0 Å². The van der Waals surface area contributed by atoms with Gasteiger partial charge in [0.25, 0.3) is 0 Å². The number of nitrogens with zero attached hydrogens (tertiary/aromatic N) is 2. The van der Waals surface area contributed by atoms with E-state index in [2.05, 4.69) is 32.4 Å². The lowest BCUT2D eigenvalue weighted by Gasteiger charge is -2.20. The summed E-state index contributed by atoms with van der Waals surface area (Å²) in [4.78, 5) is 4.44. The van der Waals surface area contributed by atoms with Gasteiger partial charge in [-0.3, -0.25) is 0 Å². The van der Waals surface area contributed by atoms with E-state index >= 15 is 0 Å². The average molecular weight is 283 g/mol. The van der Waals surface area contributed by atoms with E-state index in [0.29, 0.717) is 11.4 Å². The van der Waals surface area contributed by atoms with E-state index in [9.17, 15) is 4.39 Å². The zero-order chi connectivity index (χ0) is 11.3. The molecule has 0 spiro atoms. The topological polar surface area (TPSA) is 17.8 Å². The molecule has 3 rings (SSSR count). The summed E-state index contributed by atoms with van der Waals surface area (Å²) in [7, 11) is 0. The van der Waals surface area contributed by atoms with Crippen LogP contribution in [-0.2, 0) is 6.54 Å². The van der Waals surface area contributed by atoms with E-state index in [1.165, 1.54) is 6.07 Å². The molecule has 1 aliphatic heterocycles. The van der Waals surface area contributed by atoms with E-state index in [0.717, 1.165) is 35.2 Å². The van der Waals surface area contributed by atoms with Crippen LogP contribution in [0.1, 0.15) is 31.5 Å². The molecule has 1 unspecified atom stereocenters. The molecule has 2 heterocycles. The Kier molecular flexibility index (Phi) is 2.28. The smallest absolute Gasteiger partial charge is 0.152 e. The molecule has 2 nitrogen and oxygen atoms in total. The van der Waals surface area contributed by atoms with E-state index in [1.54, 1.807) is 0 Å². The lowest BCUT2D eigenvalue weighted by atomic mass is 10.0. The SMILES string of the molecule is CC1CCCn2c1nc1c(F)cc(Br)cc12. The van der Waals surface area contributed by atoms with Gasteiger partial charge in [0.15, 0.2) is 5.82 Å². The molecule has 4 heteroatoms. The summed E-state index contributed by atoms with van der Waals surface area (Å²) in [6.07, 6.45) is 2.29. The van der Waals surface area contributed by atoms with Gasteiger partial charge in [0.1, 0.15) is 11.3 Å². The summed E-state index contributed by atoms with van der Waals surface area (Å²) in [5, 5.41) is 0. The van der Waals surface area contributed by atoms with Gasteiger partial charge in [0.05, 0.1) is 5.52 Å². The van der Waals surface area contributed by atoms with E-state index in [1.807, 2.05) is 6.07 Å². The fourth-order valence-electron chi connectivity index (χ4n) is 2.46. The summed E-state index contributed by atoms with van der Waals surface area (Å²) in [6.45, 7) is 3.11. The van der Waals surface area contributed by atoms with Crippen molar-refractivity contribution in [1.82, 2.24) is 9.55 Å². The molecule has 0 saturated heterocycles. The van der Waals surface area contributed by atoms with Crippen LogP contribution in [-0.4, -0.2) is 9.55 Å². The van der Waals surface area contributed by atoms with Crippen LogP contribution in [0.15, 0.2) is 16.6 Å². The molecule has 16 heavy (non-hydrogen) atoms. The summed E-state index contributed by atoms with van der Waals surface area (Å²) in [6, 6.07) is 3.43. The normalized spacial score (nSPS) is 20.1. The van der Waals surface area contributed by atoms with Crippen molar-refractivity contribution in [3.63, 3.8) is 0 Å². The Morgan fingerprint density at radius 2 is 2.31 bits per heavy atom. The summed E-state index contributed by atoms with van der Waals surface area (Å²) >= 11 is 3.33. The minimum atomic E-state index is -0.238. The van der Waals surface area contributed by atoms with Gasteiger partial charge in [-0.15, -0.1) is 0 Å². The molecule has 0 aliphatic carbocycles. The molecular formula is C12H12BrFN2. The second-order valence-corrected chi connectivity index (χ2v) is 5.34. The van der Waals surface area contributed by atoms with Gasteiger partial charge >= 0.3 is 0 Å². The first-order chi connectivity index (χ1) is 7.66. The van der Waals surface area contributed by atoms with Gasteiger partial charge in [0.2, 0.25) is 0 Å². The molecule has 1 atom stereocenters. The maximum Gasteiger partial charge on any atom is 0.152 e. The highest BCUT2D eigenvalue weighted by Gasteiger charge is 2.22. The first-order valence-corrected chi connectivity index (χ1v) is 6.31. The molecule has 0 bridgehead atoms. The predicted molar refractivity (Wildman–Crippen MR) is 65.0 cm³/mol. The van der Waals surface area contributed by atoms with Crippen LogP contribution in [0, 0.1) is 5.82 Å². The van der Waals surface area contributed by atoms with Crippen molar-refractivity contribution in [2.24, 2.45) is 0 Å². The van der Waals surface area contributed by atoms with E-state index < -0.39 is 0 Å². The number of halogens is 2. The summed E-state index contributed by atoms with van der Waals surface area (Å²) in [5.41, 5.74) is 1.42. The number of benzene rings is 1. The van der Waals surface area contributed by atoms with Gasteiger partial charge in [-0.1, -0.05) is 22.9 Å². The number of hydrogen-bond donors (Lipinski definition) is 0. The summed E-state index contributed by atoms with van der Waals surface area (Å²) < 4.78 is 16.7. The Labute approximate surface area is 102 Å². The van der Waals surface area contributed by atoms with Gasteiger partial charge in [0, 0.05) is 16.9 Å². The molecule has 0 radical (unpaired) electrons. The lowest BCUT2D eigenvalue weighted by molar-refractivity contribution is 0.471. The Hall–Kier alpha value is -0.900. The number of hydrogen-bond acceptors (Lipinski definition) is 1. The molecule has 2 aromatic rings. The highest BCUT2D eigenvalue weighted by molar-refractivity contribution is 9.10. The van der Waals surface area contributed by atoms with Crippen molar-refractivity contribution in [1.29, 1.82) is 0 Å². The number of imidazole rings is 1. The fraction of sp³-hybridized carbons (Fsp3) is 0.417. The first kappa shape index (κ1) is 10.3. The monoisotopic (exact) mass is 282 g/mol. The fourth-order valence-corrected chi connectivity index (χ4v) is 2.88. The van der Waals surface area contributed by atoms with E-state index in [4.69, 9.17) is 0 Å². The Morgan fingerprint density at radius 3 is 3.12 bits per heavy atom. The van der Waals surface area contributed by atoms with Gasteiger partial charge < -0.3 is 4.57 Å². The van der Waals surface area contributed by atoms with Crippen LogP contribution >= 0.6 is 15.9 Å². The van der Waals surface area contributed by atoms with Crippen LogP contribution in [0.5, 0.6) is 0 Å². The molecule has 0 saturated carbocycles. The third-order valence-electron chi connectivity index (χ3n) is 3.26. The maximum atomic E-state index is 13.8. The van der Waals surface area contributed by atoms with Crippen LogP contribution in [0.25, 0.3) is 11.0 Å². The Morgan fingerprint density at radius 1 is 1.50 bits per heavy atom. The van der Waals surface area contributed by atoms with Crippen molar-refractivity contribution < 1.29 is 4.39 Å². The highest BCUT2D eigenvalue weighted by atomic mass is 79.9. The van der Waals surface area contributed by atoms with Crippen molar-refractivity contribution in [2.45, 2.75) is 32.2 Å². The number of aryl methyl sites for hydroxylation is 1. The third kappa shape index (κ3) is 1.39. The molecular weight excluding hydrogens is 271 g/mol. The minimum Gasteiger partial charge on any atom is -0.328 e. The van der Waals surface area contributed by atoms with Crippen LogP contribution < -0.4 is 0 Å². The second kappa shape index (κ2) is 3.55.